The van der Waals surface area contributed by atoms with Crippen LogP contribution in [-0.2, 0) is 4.79 Å². The lowest BCUT2D eigenvalue weighted by Gasteiger charge is -2.37. The minimum Gasteiger partial charge on any atom is -0.480 e. The summed E-state index contributed by atoms with van der Waals surface area (Å²) in [5, 5.41) is 12.9. The van der Waals surface area contributed by atoms with E-state index in [0.717, 1.165) is 19.3 Å². The van der Waals surface area contributed by atoms with E-state index < -0.39 is 11.5 Å². The topological polar surface area (TPSA) is 49.3 Å². The number of carboxylic acid groups (broad SMARTS) is 1. The smallest absolute Gasteiger partial charge is 0.323 e. The Labute approximate surface area is 125 Å². The van der Waals surface area contributed by atoms with Crippen LogP contribution in [0.4, 0.5) is 0 Å². The molecule has 1 saturated carbocycles. The summed E-state index contributed by atoms with van der Waals surface area (Å²) in [7, 11) is 1.76. The zero-order valence-corrected chi connectivity index (χ0v) is 13.2. The van der Waals surface area contributed by atoms with Crippen LogP contribution in [0.2, 0.25) is 0 Å². The third-order valence-corrected chi connectivity index (χ3v) is 5.64. The number of carboxylic acids is 1. The Morgan fingerprint density at radius 1 is 1.40 bits per heavy atom. The Kier molecular flexibility index (Phi) is 4.76. The van der Waals surface area contributed by atoms with Gasteiger partial charge in [0.1, 0.15) is 5.54 Å². The van der Waals surface area contributed by atoms with Crippen molar-refractivity contribution in [3.63, 3.8) is 0 Å². The summed E-state index contributed by atoms with van der Waals surface area (Å²) < 4.78 is 0. The predicted octanol–water partition coefficient (Wildman–Crippen LogP) is 3.38. The highest BCUT2D eigenvalue weighted by molar-refractivity contribution is 8.00. The first-order chi connectivity index (χ1) is 9.47. The maximum absolute atomic E-state index is 11.5. The summed E-state index contributed by atoms with van der Waals surface area (Å²) >= 11 is 1.82. The van der Waals surface area contributed by atoms with Crippen LogP contribution < -0.4 is 5.32 Å². The lowest BCUT2D eigenvalue weighted by atomic mass is 9.81. The van der Waals surface area contributed by atoms with Crippen LogP contribution in [0.1, 0.15) is 36.8 Å². The van der Waals surface area contributed by atoms with Gasteiger partial charge in [-0.15, -0.1) is 11.8 Å². The highest BCUT2D eigenvalue weighted by Gasteiger charge is 2.41. The van der Waals surface area contributed by atoms with Crippen LogP contribution in [-0.4, -0.2) is 28.9 Å². The average molecular weight is 293 g/mol. The first kappa shape index (κ1) is 15.4. The van der Waals surface area contributed by atoms with Gasteiger partial charge in [-0.2, -0.15) is 0 Å². The van der Waals surface area contributed by atoms with Crippen LogP contribution in [0.3, 0.4) is 0 Å². The number of hydrogen-bond acceptors (Lipinski definition) is 3. The van der Waals surface area contributed by atoms with Gasteiger partial charge in [0.25, 0.3) is 0 Å². The van der Waals surface area contributed by atoms with Gasteiger partial charge in [0.2, 0.25) is 0 Å². The highest BCUT2D eigenvalue weighted by atomic mass is 32.2. The van der Waals surface area contributed by atoms with Crippen LogP contribution in [0.5, 0.6) is 0 Å². The van der Waals surface area contributed by atoms with Crippen LogP contribution >= 0.6 is 11.8 Å². The molecule has 0 radical (unpaired) electrons. The molecule has 0 bridgehead atoms. The van der Waals surface area contributed by atoms with Gasteiger partial charge in [-0.05, 0) is 69.8 Å². The van der Waals surface area contributed by atoms with E-state index in [4.69, 9.17) is 0 Å². The van der Waals surface area contributed by atoms with Gasteiger partial charge in [0.15, 0.2) is 0 Å². The number of likely N-dealkylation sites (N-methyl/N-ethyl adjacent to an activating group) is 1. The van der Waals surface area contributed by atoms with Crippen molar-refractivity contribution in [2.45, 2.75) is 55.2 Å². The molecule has 1 aromatic carbocycles. The van der Waals surface area contributed by atoms with Crippen molar-refractivity contribution in [1.29, 1.82) is 0 Å². The summed E-state index contributed by atoms with van der Waals surface area (Å²) in [5.41, 5.74) is 1.85. The van der Waals surface area contributed by atoms with Crippen LogP contribution in [0, 0.1) is 13.8 Å². The fourth-order valence-electron chi connectivity index (χ4n) is 2.83. The van der Waals surface area contributed by atoms with E-state index in [1.807, 2.05) is 11.8 Å². The molecule has 0 amide bonds. The Morgan fingerprint density at radius 3 is 2.75 bits per heavy atom. The van der Waals surface area contributed by atoms with Gasteiger partial charge >= 0.3 is 5.97 Å². The van der Waals surface area contributed by atoms with Crippen molar-refractivity contribution >= 4 is 17.7 Å². The van der Waals surface area contributed by atoms with E-state index in [-0.39, 0.29) is 0 Å². The van der Waals surface area contributed by atoms with Crippen molar-refractivity contribution in [3.05, 3.63) is 29.3 Å². The van der Waals surface area contributed by atoms with Gasteiger partial charge in [-0.1, -0.05) is 6.07 Å². The normalized spacial score (nSPS) is 26.4. The molecule has 0 aromatic heterocycles. The van der Waals surface area contributed by atoms with E-state index in [2.05, 4.69) is 37.4 Å². The van der Waals surface area contributed by atoms with Crippen molar-refractivity contribution < 1.29 is 9.90 Å². The van der Waals surface area contributed by atoms with E-state index >= 15 is 0 Å². The summed E-state index contributed by atoms with van der Waals surface area (Å²) in [6, 6.07) is 6.49. The number of aryl methyl sites for hydroxylation is 2. The first-order valence-corrected chi connectivity index (χ1v) is 8.01. The fraction of sp³-hybridized carbons (Fsp3) is 0.562. The molecule has 0 spiro atoms. The highest BCUT2D eigenvalue weighted by Crippen LogP contribution is 2.38. The summed E-state index contributed by atoms with van der Waals surface area (Å²) in [4.78, 5) is 12.8. The fourth-order valence-corrected chi connectivity index (χ4v) is 4.26. The molecule has 1 aliphatic rings. The van der Waals surface area contributed by atoms with Crippen molar-refractivity contribution in [2.24, 2.45) is 0 Å². The molecule has 0 saturated heterocycles. The number of thioether (sulfide) groups is 1. The zero-order valence-electron chi connectivity index (χ0n) is 12.4. The largest absolute Gasteiger partial charge is 0.480 e. The molecule has 1 aliphatic carbocycles. The molecule has 1 fully saturated rings. The summed E-state index contributed by atoms with van der Waals surface area (Å²) in [6.45, 7) is 4.23. The summed E-state index contributed by atoms with van der Waals surface area (Å²) in [6.07, 6.45) is 3.48. The van der Waals surface area contributed by atoms with E-state index in [0.29, 0.717) is 11.7 Å². The number of nitrogens with one attached hydrogen (secondary N) is 1. The maximum Gasteiger partial charge on any atom is 0.323 e. The standard InChI is InChI=1S/C16H23NO2S/c1-11-6-7-13(9-12(11)2)20-14-5-4-8-16(10-14,17-3)15(18)19/h6-7,9,14,17H,4-5,8,10H2,1-3H3,(H,18,19). The molecule has 2 unspecified atom stereocenters. The molecule has 110 valence electrons. The maximum atomic E-state index is 11.5. The monoisotopic (exact) mass is 293 g/mol. The van der Waals surface area contributed by atoms with Crippen molar-refractivity contribution in [3.8, 4) is 0 Å². The molecule has 2 N–H and O–H groups in total. The molecule has 0 heterocycles. The molecule has 3 nitrogen and oxygen atoms in total. The van der Waals surface area contributed by atoms with E-state index in [1.54, 1.807) is 7.05 Å². The minimum absolute atomic E-state index is 0.370. The molecule has 1 aromatic rings. The van der Waals surface area contributed by atoms with Crippen LogP contribution in [0.15, 0.2) is 23.1 Å². The average Bonchev–Trinajstić information content (AvgIpc) is 2.43. The first-order valence-electron chi connectivity index (χ1n) is 7.13. The molecule has 2 atom stereocenters. The second-order valence-corrected chi connectivity index (χ2v) is 7.09. The number of benzene rings is 1. The van der Waals surface area contributed by atoms with Crippen LogP contribution in [0.25, 0.3) is 0 Å². The van der Waals surface area contributed by atoms with E-state index in [9.17, 15) is 9.90 Å². The molecule has 4 heteroatoms. The number of hydrogen-bond donors (Lipinski definition) is 2. The molecular weight excluding hydrogens is 270 g/mol. The van der Waals surface area contributed by atoms with Crippen molar-refractivity contribution in [2.75, 3.05) is 7.05 Å². The lowest BCUT2D eigenvalue weighted by Crippen LogP contribution is -2.53. The number of aliphatic carboxylic acids is 1. The third kappa shape index (κ3) is 3.18. The van der Waals surface area contributed by atoms with Gasteiger partial charge in [-0.3, -0.25) is 4.79 Å². The Bertz CT molecular complexity index is 503. The Balaban J connectivity index is 2.09. The number of rotatable bonds is 4. The molecule has 20 heavy (non-hydrogen) atoms. The summed E-state index contributed by atoms with van der Waals surface area (Å²) in [5.74, 6) is -0.717. The Hall–Kier alpha value is -1.00. The van der Waals surface area contributed by atoms with Gasteiger partial charge < -0.3 is 10.4 Å². The van der Waals surface area contributed by atoms with E-state index in [1.165, 1.54) is 16.0 Å². The molecule has 2 rings (SSSR count). The van der Waals surface area contributed by atoms with Gasteiger partial charge in [0, 0.05) is 10.1 Å². The van der Waals surface area contributed by atoms with Crippen molar-refractivity contribution in [1.82, 2.24) is 5.32 Å². The second kappa shape index (κ2) is 6.19. The number of carbonyl (C=O) groups is 1. The quantitative estimate of drug-likeness (QED) is 0.893. The predicted molar refractivity (Wildman–Crippen MR) is 83.5 cm³/mol. The van der Waals surface area contributed by atoms with Gasteiger partial charge in [-0.25, -0.2) is 0 Å². The van der Waals surface area contributed by atoms with Gasteiger partial charge in [0.05, 0.1) is 0 Å². The Morgan fingerprint density at radius 2 is 2.15 bits per heavy atom. The molecule has 0 aliphatic heterocycles. The SMILES string of the molecule is CNC1(C(=O)O)CCCC(Sc2ccc(C)c(C)c2)C1. The second-order valence-electron chi connectivity index (χ2n) is 5.72. The molecular formula is C16H23NO2S. The minimum atomic E-state index is -0.740. The third-order valence-electron chi connectivity index (χ3n) is 4.37. The lowest BCUT2D eigenvalue weighted by molar-refractivity contribution is -0.146. The zero-order chi connectivity index (χ0) is 14.8.